The number of nitrogens with zero attached hydrogens (tertiary/aromatic N) is 4. The van der Waals surface area contributed by atoms with Gasteiger partial charge in [0.2, 0.25) is 11.1 Å². The van der Waals surface area contributed by atoms with Gasteiger partial charge in [0.25, 0.3) is 0 Å². The topological polar surface area (TPSA) is 125 Å². The Bertz CT molecular complexity index is 1230. The average Bonchev–Trinajstić information content (AvgIpc) is 2.92. The molecule has 0 unspecified atom stereocenters. The Hall–Kier alpha value is -4.12. The molecule has 0 saturated carbocycles. The molecule has 4 bridgehead atoms. The van der Waals surface area contributed by atoms with Crippen LogP contribution in [0.1, 0.15) is 34.1 Å². The molecule has 10 heteroatoms. The van der Waals surface area contributed by atoms with Crippen LogP contribution >= 0.6 is 0 Å². The molecule has 6 atom stereocenters. The third-order valence-corrected chi connectivity index (χ3v) is 7.73. The molecule has 0 saturated heterocycles. The Balaban J connectivity index is 2.09. The molecule has 184 valence electrons. The van der Waals surface area contributed by atoms with E-state index in [1.807, 2.05) is 24.3 Å². The minimum absolute atomic E-state index is 0.403. The summed E-state index contributed by atoms with van der Waals surface area (Å²) in [6.07, 6.45) is -3.78. The largest absolute Gasteiger partial charge is 0.453 e. The molecular weight excluding hydrogens is 464 g/mol. The van der Waals surface area contributed by atoms with Crippen LogP contribution in [0, 0.1) is 22.7 Å². The molecule has 10 nitrogen and oxygen atoms in total. The van der Waals surface area contributed by atoms with Crippen LogP contribution in [0.2, 0.25) is 0 Å². The summed E-state index contributed by atoms with van der Waals surface area (Å²) in [4.78, 5) is 29.3. The highest BCUT2D eigenvalue weighted by molar-refractivity contribution is 5.79. The van der Waals surface area contributed by atoms with Crippen LogP contribution in [0.15, 0.2) is 48.5 Å². The summed E-state index contributed by atoms with van der Waals surface area (Å²) in [5.74, 6) is -1.19. The SMILES string of the molecule is COC(=O)N1[C@@H](OC)[C@H]2c3ccccc3[C@]1(C#N)[C@@]1(C#N)c3ccccc3[C@@H]2[C@H](OC)N1C(=O)OC. The van der Waals surface area contributed by atoms with Gasteiger partial charge in [-0.2, -0.15) is 10.5 Å². The molecular formula is C26H24N4O6. The van der Waals surface area contributed by atoms with Crippen LogP contribution in [-0.2, 0) is 30.0 Å². The predicted molar refractivity (Wildman–Crippen MR) is 123 cm³/mol. The van der Waals surface area contributed by atoms with Gasteiger partial charge < -0.3 is 18.9 Å². The first kappa shape index (κ1) is 23.6. The summed E-state index contributed by atoms with van der Waals surface area (Å²) in [6, 6.07) is 18.8. The van der Waals surface area contributed by atoms with E-state index in [0.29, 0.717) is 11.1 Å². The van der Waals surface area contributed by atoms with E-state index in [4.69, 9.17) is 18.9 Å². The number of amides is 2. The first-order chi connectivity index (χ1) is 17.4. The fourth-order valence-corrected chi connectivity index (χ4v) is 6.56. The lowest BCUT2D eigenvalue weighted by Crippen LogP contribution is -2.78. The van der Waals surface area contributed by atoms with E-state index in [0.717, 1.165) is 20.9 Å². The van der Waals surface area contributed by atoms with Crippen molar-refractivity contribution < 1.29 is 28.5 Å². The van der Waals surface area contributed by atoms with Crippen molar-refractivity contribution in [1.82, 2.24) is 9.80 Å². The number of carbonyl (C=O) groups excluding carboxylic acids is 2. The molecule has 3 aliphatic rings. The summed E-state index contributed by atoms with van der Waals surface area (Å²) in [6.45, 7) is 0. The van der Waals surface area contributed by atoms with Crippen molar-refractivity contribution in [3.63, 3.8) is 0 Å². The maximum Gasteiger partial charge on any atom is 0.413 e. The molecule has 2 heterocycles. The molecule has 1 aliphatic carbocycles. The van der Waals surface area contributed by atoms with Crippen LogP contribution in [0.25, 0.3) is 0 Å². The average molecular weight is 489 g/mol. The lowest BCUT2D eigenvalue weighted by molar-refractivity contribution is -0.196. The molecule has 36 heavy (non-hydrogen) atoms. The summed E-state index contributed by atoms with van der Waals surface area (Å²) >= 11 is 0. The van der Waals surface area contributed by atoms with Crippen molar-refractivity contribution in [2.24, 2.45) is 0 Å². The minimum atomic E-state index is -2.10. The lowest BCUT2D eigenvalue weighted by atomic mass is 9.54. The van der Waals surface area contributed by atoms with E-state index in [-0.39, 0.29) is 0 Å². The van der Waals surface area contributed by atoms with Gasteiger partial charge in [0.1, 0.15) is 24.6 Å². The van der Waals surface area contributed by atoms with Gasteiger partial charge in [0.05, 0.1) is 14.2 Å². The number of rotatable bonds is 2. The van der Waals surface area contributed by atoms with Crippen LogP contribution in [0.3, 0.4) is 0 Å². The standard InChI is InChI=1S/C26H24N4O6/c1-33-21-19-15-9-5-7-11-17(15)25(13-27,29(21)23(31)35-3)26(14-28)18-12-8-6-10-16(18)20(19)22(34-2)30(26)24(32)36-4/h5-12,19-22H,1-4H3/t19-,20-,21-,22-,25+,26+/m0/s1. The molecule has 0 fully saturated rings. The Morgan fingerprint density at radius 3 is 1.39 bits per heavy atom. The number of hydrogen-bond donors (Lipinski definition) is 0. The van der Waals surface area contributed by atoms with Crippen molar-refractivity contribution in [2.45, 2.75) is 35.4 Å². The van der Waals surface area contributed by atoms with Gasteiger partial charge in [-0.1, -0.05) is 48.5 Å². The van der Waals surface area contributed by atoms with E-state index in [1.54, 1.807) is 24.3 Å². The lowest BCUT2D eigenvalue weighted by Gasteiger charge is -2.65. The Labute approximate surface area is 208 Å². The number of fused-ring (bicyclic) bond motifs is 2. The number of carbonyl (C=O) groups is 2. The first-order valence-electron chi connectivity index (χ1n) is 11.3. The molecule has 2 aromatic carbocycles. The van der Waals surface area contributed by atoms with Crippen molar-refractivity contribution in [1.29, 1.82) is 10.5 Å². The van der Waals surface area contributed by atoms with Crippen molar-refractivity contribution in [3.8, 4) is 12.1 Å². The summed E-state index contributed by atoms with van der Waals surface area (Å²) in [5.41, 5.74) is -1.96. The van der Waals surface area contributed by atoms with Crippen molar-refractivity contribution in [2.75, 3.05) is 28.4 Å². The second-order valence-electron chi connectivity index (χ2n) is 8.80. The molecule has 0 radical (unpaired) electrons. The summed E-state index contributed by atoms with van der Waals surface area (Å²) in [7, 11) is 5.26. The van der Waals surface area contributed by atoms with E-state index < -0.39 is 47.6 Å². The van der Waals surface area contributed by atoms with Gasteiger partial charge in [-0.3, -0.25) is 9.80 Å². The molecule has 0 aromatic heterocycles. The molecule has 5 rings (SSSR count). The monoisotopic (exact) mass is 488 g/mol. The second kappa shape index (κ2) is 8.23. The third-order valence-electron chi connectivity index (χ3n) is 7.73. The first-order valence-corrected chi connectivity index (χ1v) is 11.3. The number of methoxy groups -OCH3 is 4. The van der Waals surface area contributed by atoms with Crippen LogP contribution in [-0.4, -0.2) is 62.9 Å². The van der Waals surface area contributed by atoms with Gasteiger partial charge in [-0.25, -0.2) is 9.59 Å². The van der Waals surface area contributed by atoms with Gasteiger partial charge in [-0.15, -0.1) is 0 Å². The van der Waals surface area contributed by atoms with E-state index in [1.165, 1.54) is 28.4 Å². The highest BCUT2D eigenvalue weighted by atomic mass is 16.6. The van der Waals surface area contributed by atoms with Gasteiger partial charge in [0, 0.05) is 26.1 Å². The zero-order valence-corrected chi connectivity index (χ0v) is 20.2. The highest BCUT2D eigenvalue weighted by Crippen LogP contribution is 2.65. The quantitative estimate of drug-likeness (QED) is 0.631. The van der Waals surface area contributed by atoms with E-state index >= 15 is 0 Å². The Morgan fingerprint density at radius 2 is 1.08 bits per heavy atom. The Morgan fingerprint density at radius 1 is 0.722 bits per heavy atom. The zero-order valence-electron chi connectivity index (χ0n) is 20.2. The third kappa shape index (κ3) is 2.45. The van der Waals surface area contributed by atoms with Gasteiger partial charge >= 0.3 is 12.2 Å². The number of hydrogen-bond acceptors (Lipinski definition) is 8. The van der Waals surface area contributed by atoms with Crippen molar-refractivity contribution in [3.05, 3.63) is 70.8 Å². The Kier molecular flexibility index (Phi) is 5.40. The minimum Gasteiger partial charge on any atom is -0.453 e. The van der Waals surface area contributed by atoms with Crippen LogP contribution in [0.4, 0.5) is 9.59 Å². The molecule has 2 amide bonds. The van der Waals surface area contributed by atoms with Gasteiger partial charge in [-0.05, 0) is 22.3 Å². The number of ether oxygens (including phenoxy) is 4. The highest BCUT2D eigenvalue weighted by Gasteiger charge is 2.76. The fraction of sp³-hybridized carbons (Fsp3) is 0.385. The number of benzene rings is 2. The zero-order chi connectivity index (χ0) is 25.8. The van der Waals surface area contributed by atoms with Crippen molar-refractivity contribution >= 4 is 12.2 Å². The fourth-order valence-electron chi connectivity index (χ4n) is 6.56. The smallest absolute Gasteiger partial charge is 0.413 e. The molecule has 0 N–H and O–H groups in total. The van der Waals surface area contributed by atoms with Crippen LogP contribution in [0.5, 0.6) is 0 Å². The molecule has 0 spiro atoms. The molecule has 2 aliphatic heterocycles. The number of nitriles is 2. The van der Waals surface area contributed by atoms with Crippen LogP contribution < -0.4 is 0 Å². The van der Waals surface area contributed by atoms with Gasteiger partial charge in [0.15, 0.2) is 0 Å². The van der Waals surface area contributed by atoms with E-state index in [2.05, 4.69) is 12.1 Å². The second-order valence-corrected chi connectivity index (χ2v) is 8.80. The maximum atomic E-state index is 13.5. The maximum absolute atomic E-state index is 13.5. The molecule has 2 aromatic rings. The van der Waals surface area contributed by atoms with E-state index in [9.17, 15) is 20.1 Å². The predicted octanol–water partition coefficient (Wildman–Crippen LogP) is 3.11. The summed E-state index contributed by atoms with van der Waals surface area (Å²) in [5, 5.41) is 22.2. The summed E-state index contributed by atoms with van der Waals surface area (Å²) < 4.78 is 22.2. The normalized spacial score (nSPS) is 31.3.